The van der Waals surface area contributed by atoms with E-state index in [0.29, 0.717) is 18.7 Å². The molecule has 1 aliphatic rings. The van der Waals surface area contributed by atoms with Crippen LogP contribution in [0.5, 0.6) is 0 Å². The number of amides is 3. The first-order valence-corrected chi connectivity index (χ1v) is 9.28. The number of hydrogen-bond donors (Lipinski definition) is 0. The molecule has 5 heteroatoms. The summed E-state index contributed by atoms with van der Waals surface area (Å²) in [6.07, 6.45) is 1.56. The highest BCUT2D eigenvalue weighted by Crippen LogP contribution is 2.26. The van der Waals surface area contributed by atoms with Gasteiger partial charge in [0.25, 0.3) is 5.91 Å². The SMILES string of the molecule is CCc1ccc(N2C(=O)C[C@@H](N(CCc3ccccc3)C(C)=O)C2=O)cc1. The monoisotopic (exact) mass is 364 g/mol. The van der Waals surface area contributed by atoms with Crippen molar-refractivity contribution in [2.75, 3.05) is 11.4 Å². The minimum Gasteiger partial charge on any atom is -0.330 e. The lowest BCUT2D eigenvalue weighted by Crippen LogP contribution is -2.45. The van der Waals surface area contributed by atoms with E-state index in [1.165, 1.54) is 16.7 Å². The Labute approximate surface area is 159 Å². The summed E-state index contributed by atoms with van der Waals surface area (Å²) in [7, 11) is 0. The number of hydrogen-bond acceptors (Lipinski definition) is 3. The van der Waals surface area contributed by atoms with E-state index < -0.39 is 6.04 Å². The summed E-state index contributed by atoms with van der Waals surface area (Å²) in [6.45, 7) is 3.90. The van der Waals surface area contributed by atoms with Crippen LogP contribution in [-0.4, -0.2) is 35.2 Å². The van der Waals surface area contributed by atoms with Crippen LogP contribution >= 0.6 is 0 Å². The molecule has 0 spiro atoms. The molecule has 1 fully saturated rings. The molecule has 2 aromatic rings. The van der Waals surface area contributed by atoms with Crippen molar-refractivity contribution < 1.29 is 14.4 Å². The Morgan fingerprint density at radius 1 is 1.04 bits per heavy atom. The molecule has 27 heavy (non-hydrogen) atoms. The molecule has 3 amide bonds. The summed E-state index contributed by atoms with van der Waals surface area (Å²) in [5.74, 6) is -0.784. The molecule has 5 nitrogen and oxygen atoms in total. The van der Waals surface area contributed by atoms with Gasteiger partial charge < -0.3 is 4.90 Å². The molecule has 0 aromatic heterocycles. The molecule has 1 saturated heterocycles. The third-order valence-electron chi connectivity index (χ3n) is 4.99. The van der Waals surface area contributed by atoms with E-state index in [-0.39, 0.29) is 24.1 Å². The molecule has 0 N–H and O–H groups in total. The van der Waals surface area contributed by atoms with E-state index in [0.717, 1.165) is 17.5 Å². The van der Waals surface area contributed by atoms with Gasteiger partial charge in [-0.1, -0.05) is 49.4 Å². The second-order valence-corrected chi connectivity index (χ2v) is 6.76. The second-order valence-electron chi connectivity index (χ2n) is 6.76. The van der Waals surface area contributed by atoms with Gasteiger partial charge in [-0.3, -0.25) is 14.4 Å². The molecule has 0 saturated carbocycles. The van der Waals surface area contributed by atoms with Crippen molar-refractivity contribution >= 4 is 23.4 Å². The van der Waals surface area contributed by atoms with E-state index in [2.05, 4.69) is 6.92 Å². The fourth-order valence-corrected chi connectivity index (χ4v) is 3.44. The van der Waals surface area contributed by atoms with Gasteiger partial charge in [0.2, 0.25) is 11.8 Å². The van der Waals surface area contributed by atoms with E-state index in [1.54, 1.807) is 12.1 Å². The fourth-order valence-electron chi connectivity index (χ4n) is 3.44. The van der Waals surface area contributed by atoms with Gasteiger partial charge in [-0.2, -0.15) is 0 Å². The number of carbonyl (C=O) groups is 3. The number of nitrogens with zero attached hydrogens (tertiary/aromatic N) is 2. The average Bonchev–Trinajstić information content (AvgIpc) is 2.97. The van der Waals surface area contributed by atoms with Crippen LogP contribution in [0.4, 0.5) is 5.69 Å². The Morgan fingerprint density at radius 2 is 1.70 bits per heavy atom. The molecule has 1 heterocycles. The molecule has 0 radical (unpaired) electrons. The molecule has 0 aliphatic carbocycles. The van der Waals surface area contributed by atoms with E-state index >= 15 is 0 Å². The topological polar surface area (TPSA) is 57.7 Å². The standard InChI is InChI=1S/C22H24N2O3/c1-3-17-9-11-19(12-10-17)24-21(26)15-20(22(24)27)23(16(2)25)14-13-18-7-5-4-6-8-18/h4-12,20H,3,13-15H2,1-2H3/t20-/m1/s1. The van der Waals surface area contributed by atoms with Crippen LogP contribution in [0.1, 0.15) is 31.4 Å². The minimum absolute atomic E-state index is 0.0305. The molecule has 0 unspecified atom stereocenters. The second kappa shape index (κ2) is 8.16. The van der Waals surface area contributed by atoms with Gasteiger partial charge in [0.15, 0.2) is 0 Å². The molecule has 2 aromatic carbocycles. The molecular weight excluding hydrogens is 340 g/mol. The van der Waals surface area contributed by atoms with Crippen LogP contribution in [0.2, 0.25) is 0 Å². The summed E-state index contributed by atoms with van der Waals surface area (Å²) in [5, 5.41) is 0. The smallest absolute Gasteiger partial charge is 0.257 e. The van der Waals surface area contributed by atoms with Crippen molar-refractivity contribution in [3.8, 4) is 0 Å². The van der Waals surface area contributed by atoms with Crippen molar-refractivity contribution in [3.63, 3.8) is 0 Å². The number of imide groups is 1. The van der Waals surface area contributed by atoms with Crippen LogP contribution in [0.3, 0.4) is 0 Å². The first-order valence-electron chi connectivity index (χ1n) is 9.28. The Kier molecular flexibility index (Phi) is 5.69. The predicted molar refractivity (Wildman–Crippen MR) is 104 cm³/mol. The van der Waals surface area contributed by atoms with Crippen LogP contribution in [-0.2, 0) is 27.2 Å². The first kappa shape index (κ1) is 18.8. The predicted octanol–water partition coefficient (Wildman–Crippen LogP) is 2.97. The maximum absolute atomic E-state index is 12.9. The molecule has 140 valence electrons. The lowest BCUT2D eigenvalue weighted by atomic mass is 10.1. The molecule has 3 rings (SSSR count). The summed E-state index contributed by atoms with van der Waals surface area (Å²) < 4.78 is 0. The Bertz CT molecular complexity index is 830. The van der Waals surface area contributed by atoms with E-state index in [1.807, 2.05) is 42.5 Å². The molecule has 0 bridgehead atoms. The van der Waals surface area contributed by atoms with Gasteiger partial charge in [-0.15, -0.1) is 0 Å². The lowest BCUT2D eigenvalue weighted by Gasteiger charge is -2.26. The van der Waals surface area contributed by atoms with Gasteiger partial charge in [0, 0.05) is 13.5 Å². The highest BCUT2D eigenvalue weighted by atomic mass is 16.2. The van der Waals surface area contributed by atoms with Crippen LogP contribution in [0.15, 0.2) is 54.6 Å². The zero-order valence-corrected chi connectivity index (χ0v) is 15.7. The lowest BCUT2D eigenvalue weighted by molar-refractivity contribution is -0.136. The van der Waals surface area contributed by atoms with Crippen molar-refractivity contribution in [1.82, 2.24) is 4.90 Å². The number of benzene rings is 2. The maximum Gasteiger partial charge on any atom is 0.257 e. The van der Waals surface area contributed by atoms with Crippen LogP contribution in [0, 0.1) is 0 Å². The van der Waals surface area contributed by atoms with Gasteiger partial charge in [0.05, 0.1) is 12.1 Å². The number of rotatable bonds is 6. The fraction of sp³-hybridized carbons (Fsp3) is 0.318. The molecular formula is C22H24N2O3. The van der Waals surface area contributed by atoms with E-state index in [9.17, 15) is 14.4 Å². The summed E-state index contributed by atoms with van der Waals surface area (Å²) in [5.41, 5.74) is 2.80. The summed E-state index contributed by atoms with van der Waals surface area (Å²) >= 11 is 0. The third kappa shape index (κ3) is 4.08. The number of carbonyl (C=O) groups excluding carboxylic acids is 3. The van der Waals surface area contributed by atoms with Gasteiger partial charge in [-0.25, -0.2) is 4.90 Å². The van der Waals surface area contributed by atoms with Crippen molar-refractivity contribution in [2.45, 2.75) is 39.2 Å². The quantitative estimate of drug-likeness (QED) is 0.741. The first-order chi connectivity index (χ1) is 13.0. The zero-order valence-electron chi connectivity index (χ0n) is 15.7. The number of aryl methyl sites for hydroxylation is 1. The van der Waals surface area contributed by atoms with Crippen molar-refractivity contribution in [2.24, 2.45) is 0 Å². The normalized spacial score (nSPS) is 16.7. The number of anilines is 1. The summed E-state index contributed by atoms with van der Waals surface area (Å²) in [6, 6.07) is 16.5. The third-order valence-corrected chi connectivity index (χ3v) is 4.99. The van der Waals surface area contributed by atoms with Gasteiger partial charge in [0.1, 0.15) is 6.04 Å². The Morgan fingerprint density at radius 3 is 2.30 bits per heavy atom. The Balaban J connectivity index is 1.76. The minimum atomic E-state index is -0.732. The van der Waals surface area contributed by atoms with Crippen LogP contribution < -0.4 is 4.90 Å². The molecule has 1 aliphatic heterocycles. The molecule has 1 atom stereocenters. The van der Waals surface area contributed by atoms with Gasteiger partial charge in [-0.05, 0) is 36.1 Å². The van der Waals surface area contributed by atoms with Crippen molar-refractivity contribution in [3.05, 3.63) is 65.7 Å². The van der Waals surface area contributed by atoms with Crippen LogP contribution in [0.25, 0.3) is 0 Å². The maximum atomic E-state index is 12.9. The highest BCUT2D eigenvalue weighted by Gasteiger charge is 2.43. The van der Waals surface area contributed by atoms with E-state index in [4.69, 9.17) is 0 Å². The highest BCUT2D eigenvalue weighted by molar-refractivity contribution is 6.22. The van der Waals surface area contributed by atoms with Gasteiger partial charge >= 0.3 is 0 Å². The van der Waals surface area contributed by atoms with Crippen molar-refractivity contribution in [1.29, 1.82) is 0 Å². The Hall–Kier alpha value is -2.95. The average molecular weight is 364 g/mol. The summed E-state index contributed by atoms with van der Waals surface area (Å²) in [4.78, 5) is 40.4. The zero-order chi connectivity index (χ0) is 19.4. The largest absolute Gasteiger partial charge is 0.330 e.